The number of nitrogens with one attached hydrogen (secondary N) is 9. The van der Waals surface area contributed by atoms with Gasteiger partial charge in [-0.1, -0.05) is 94.8 Å². The molecule has 11 bridgehead atoms. The minimum Gasteiger partial charge on any atom is -0.508 e. The van der Waals surface area contributed by atoms with Crippen molar-refractivity contribution in [3.63, 3.8) is 0 Å². The third kappa shape index (κ3) is 20.7. The van der Waals surface area contributed by atoms with Gasteiger partial charge in [0.2, 0.25) is 59.3 Å². The molecular weight excluding hydrogens is 1550 g/mol. The Labute approximate surface area is 671 Å². The lowest BCUT2D eigenvalue weighted by Gasteiger charge is -2.48. The molecule has 22 N–H and O–H groups in total. The fraction of sp³-hybridized carbons (Fsp3) is 0.500. The largest absolute Gasteiger partial charge is 0.508 e. The number of carboxylic acids is 1. The fourth-order valence-corrected chi connectivity index (χ4v) is 15.0. The van der Waals surface area contributed by atoms with Crippen LogP contribution in [-0.4, -0.2) is 205 Å². The van der Waals surface area contributed by atoms with Gasteiger partial charge in [0.25, 0.3) is 0 Å². The van der Waals surface area contributed by atoms with E-state index in [1.165, 1.54) is 19.2 Å². The number of halogens is 2. The number of rotatable bonds is 24. The zero-order valence-electron chi connectivity index (χ0n) is 64.0. The predicted molar refractivity (Wildman–Crippen MR) is 411 cm³/mol. The third-order valence-corrected chi connectivity index (χ3v) is 21.3. The zero-order valence-corrected chi connectivity index (χ0v) is 65.5. The number of benzene rings is 5. The van der Waals surface area contributed by atoms with Crippen LogP contribution in [0.15, 0.2) is 78.9 Å². The average molecular weight is 1650 g/mol. The van der Waals surface area contributed by atoms with Crippen LogP contribution in [0.5, 0.6) is 46.0 Å². The number of phenolic OH excluding ortho intramolecular Hbond substituents is 3. The summed E-state index contributed by atoms with van der Waals surface area (Å²) in [5.74, 6) is -15.4. The number of carbonyl (C=O) groups excluding carboxylic acids is 8. The second-order valence-corrected chi connectivity index (χ2v) is 31.1. The minimum absolute atomic E-state index is 0.102. The molecule has 0 saturated carbocycles. The first-order valence-corrected chi connectivity index (χ1v) is 38.5. The van der Waals surface area contributed by atoms with E-state index in [1.54, 1.807) is 13.8 Å². The molecule has 12 rings (SSSR count). The van der Waals surface area contributed by atoms with Gasteiger partial charge in [-0.2, -0.15) is 0 Å². The Morgan fingerprint density at radius 2 is 1.30 bits per heavy atom. The number of carboxylic acid groups (broad SMARTS) is 1. The van der Waals surface area contributed by atoms with Crippen molar-refractivity contribution in [2.24, 2.45) is 23.3 Å². The van der Waals surface area contributed by atoms with Crippen LogP contribution in [0.2, 0.25) is 10.0 Å². The van der Waals surface area contributed by atoms with E-state index in [0.29, 0.717) is 18.8 Å². The summed E-state index contributed by atoms with van der Waals surface area (Å²) in [6.07, 6.45) is -13.0. The van der Waals surface area contributed by atoms with E-state index in [0.717, 1.165) is 92.4 Å². The van der Waals surface area contributed by atoms with Crippen molar-refractivity contribution < 1.29 is 118 Å². The van der Waals surface area contributed by atoms with Crippen molar-refractivity contribution >= 4 is 76.4 Å². The molecule has 5 aromatic rings. The van der Waals surface area contributed by atoms with Gasteiger partial charge in [-0.05, 0) is 122 Å². The van der Waals surface area contributed by atoms with Crippen LogP contribution in [-0.2, 0) is 57.4 Å². The van der Waals surface area contributed by atoms with Gasteiger partial charge >= 0.3 is 5.97 Å². The number of hydrogen-bond donors (Lipinski definition) is 20. The number of aromatic hydroxyl groups is 3. The quantitative estimate of drug-likeness (QED) is 0.0395. The molecule has 18 atom stereocenters. The number of amides is 8. The first kappa shape index (κ1) is 87.7. The van der Waals surface area contributed by atoms with Crippen molar-refractivity contribution in [1.29, 1.82) is 0 Å². The maximum atomic E-state index is 16.2. The number of carbonyl (C=O) groups is 9. The molecule has 0 radical (unpaired) electrons. The van der Waals surface area contributed by atoms with Crippen molar-refractivity contribution in [2.45, 2.75) is 209 Å². The molecule has 0 aliphatic carbocycles. The minimum atomic E-state index is -2.35. The van der Waals surface area contributed by atoms with E-state index < -0.39 is 231 Å². The summed E-state index contributed by atoms with van der Waals surface area (Å²) in [5, 5.41) is 128. The van der Waals surface area contributed by atoms with Gasteiger partial charge in [0.05, 0.1) is 34.7 Å². The lowest BCUT2D eigenvalue weighted by molar-refractivity contribution is -0.331. The topological polar surface area (TPSA) is 551 Å². The van der Waals surface area contributed by atoms with Crippen LogP contribution < -0.4 is 73.5 Å². The number of likely N-dealkylation sites (N-methyl/N-ethyl adjacent to an activating group) is 1. The van der Waals surface area contributed by atoms with Crippen LogP contribution in [0.3, 0.4) is 0 Å². The number of fused-ring (bicyclic) bond motifs is 15. The molecule has 7 aliphatic rings. The lowest BCUT2D eigenvalue weighted by Crippen LogP contribution is -2.66. The highest BCUT2D eigenvalue weighted by Gasteiger charge is 2.52. The molecule has 8 amide bonds. The Kier molecular flexibility index (Phi) is 28.9. The molecular formula is C78H99Cl2N11O24. The lowest BCUT2D eigenvalue weighted by atomic mass is 9.85. The maximum Gasteiger partial charge on any atom is 0.330 e. The van der Waals surface area contributed by atoms with Gasteiger partial charge in [0.15, 0.2) is 29.9 Å². The number of unbranched alkanes of at least 4 members (excludes halogenated alkanes) is 3. The van der Waals surface area contributed by atoms with Crippen LogP contribution >= 0.6 is 23.2 Å². The second-order valence-electron chi connectivity index (χ2n) is 30.3. The van der Waals surface area contributed by atoms with Crippen molar-refractivity contribution in [1.82, 2.24) is 47.9 Å². The second kappa shape index (κ2) is 37.9. The van der Waals surface area contributed by atoms with Crippen molar-refractivity contribution in [2.75, 3.05) is 26.7 Å². The maximum absolute atomic E-state index is 16.2. The Balaban J connectivity index is 1.16. The number of aliphatic hydroxyl groups is 5. The number of primary amides is 1. The number of phenols is 3. The molecule has 624 valence electrons. The number of nitrogens with two attached hydrogens (primary N) is 2. The normalized spacial score (nSPS) is 27.3. The Morgan fingerprint density at radius 1 is 0.678 bits per heavy atom. The summed E-state index contributed by atoms with van der Waals surface area (Å²) in [6, 6.07) is -0.484. The fourth-order valence-electron chi connectivity index (χ4n) is 14.5. The predicted octanol–water partition coefficient (Wildman–Crippen LogP) is 2.82. The molecule has 2 fully saturated rings. The Hall–Kier alpha value is -9.73. The van der Waals surface area contributed by atoms with Gasteiger partial charge in [-0.15, -0.1) is 0 Å². The van der Waals surface area contributed by atoms with Crippen molar-refractivity contribution in [3.8, 4) is 57.1 Å². The van der Waals surface area contributed by atoms with Gasteiger partial charge < -0.3 is 134 Å². The molecule has 37 heteroatoms. The summed E-state index contributed by atoms with van der Waals surface area (Å²) in [4.78, 5) is 131. The Morgan fingerprint density at radius 3 is 1.92 bits per heavy atom. The highest BCUT2D eigenvalue weighted by molar-refractivity contribution is 6.32. The zero-order chi connectivity index (χ0) is 83.8. The smallest absolute Gasteiger partial charge is 0.330 e. The molecule has 5 aromatic carbocycles. The summed E-state index contributed by atoms with van der Waals surface area (Å²) < 4.78 is 39.5. The number of aliphatic carboxylic acids is 1. The van der Waals surface area contributed by atoms with Gasteiger partial charge in [-0.25, -0.2) is 4.79 Å². The van der Waals surface area contributed by atoms with Crippen LogP contribution in [0, 0.1) is 11.8 Å². The third-order valence-electron chi connectivity index (χ3n) is 20.7. The first-order valence-electron chi connectivity index (χ1n) is 37.8. The van der Waals surface area contributed by atoms with E-state index in [9.17, 15) is 74.7 Å². The molecule has 0 aromatic heterocycles. The first-order chi connectivity index (χ1) is 54.5. The summed E-state index contributed by atoms with van der Waals surface area (Å²) in [7, 11) is 1.48. The Bertz CT molecular complexity index is 4450. The van der Waals surface area contributed by atoms with Crippen LogP contribution in [0.25, 0.3) is 11.1 Å². The molecule has 115 heavy (non-hydrogen) atoms. The van der Waals surface area contributed by atoms with E-state index in [1.807, 2.05) is 13.8 Å². The average Bonchev–Trinajstić information content (AvgIpc) is 0.772. The van der Waals surface area contributed by atoms with Gasteiger partial charge in [0, 0.05) is 60.8 Å². The number of aliphatic hydroxyl groups excluding tert-OH is 5. The van der Waals surface area contributed by atoms with Gasteiger partial charge in [0.1, 0.15) is 89.5 Å². The summed E-state index contributed by atoms with van der Waals surface area (Å²) in [5.41, 5.74) is 7.96. The molecule has 0 unspecified atom stereocenters. The molecule has 2 saturated heterocycles. The molecule has 7 aliphatic heterocycles. The van der Waals surface area contributed by atoms with E-state index in [2.05, 4.69) is 61.7 Å². The van der Waals surface area contributed by atoms with Gasteiger partial charge in [-0.3, -0.25) is 38.4 Å². The van der Waals surface area contributed by atoms with E-state index in [4.69, 9.17) is 63.1 Å². The number of ether oxygens (including phenoxy) is 6. The molecule has 35 nitrogen and oxygen atoms in total. The van der Waals surface area contributed by atoms with Crippen LogP contribution in [0.4, 0.5) is 0 Å². The molecule has 7 heterocycles. The SMILES string of the molecule is CN[C@H](CC(C)C)C(=O)N[C@H]1C(=O)N[C@@H](CC(N)=O)C(=O)N[C@H]2C(=O)N[C@H]3C(=O)N[C@H](C(=O)N[C@H](C(=O)O)c4cc(O)cc(O)c4-c4cc3ccc4O)[C@H](O)c3ccc(c(Cl)c3)Oc3cc2cc(c3O[C@@H]2O[C@H](CN)[C@@H](O)[C@H](O)[C@H]2O[C@H]2C[C@](C)(NCCNC(=O)CCCCCCC(C)C)[C@H](O)[C@H](C)O2)Oc2ccc(cc2Cl)[C@H]1O. The summed E-state index contributed by atoms with van der Waals surface area (Å²) in [6.45, 7) is 11.1. The molecule has 0 spiro atoms. The highest BCUT2D eigenvalue weighted by Crippen LogP contribution is 2.50. The standard InChI is InChI=1S/C78H99Cl2N11O24/c1-33(2)12-10-8-9-11-13-55(96)84-20-21-85-78(6)31-56(110-35(5)69(78)101)114-68-66(100)65(99)53(32-81)113-77(68)115-67-51-26-39-27-52(67)112-50-19-16-38(25-44(50)80)64(98)62-75(107)89-60(76(108)109)42-28-40(92)29-48(94)57(42)41-23-36(14-17-47(41)93)58(72(104)91-62)88-73(105)59(39)87-71(103)46(30-54(82)95)86-74(106)61(90-70(102)45(83-7)22-34(3)4)63(97)37-15-18-49(111-51)43(79)24-37/h14-19,23-29,33-35,45-46,53,56,58-66,68-69,77,83,85,92-94,97-101H,8-13,20-22,30-32,81H2,1-7H3,(H2,82,95)(H,84,96)(H,86,106)(H,87,103)(H,88,105)(H,89,107)(H,90,102)(H,91,104)(H,108,109)/t35-,45+,46-,53+,56-,58+,59+,60-,61+,62-,63+,64+,65+,66-,68+,69+,77-,78-/m0/s1. The van der Waals surface area contributed by atoms with Crippen LogP contribution in [0.1, 0.15) is 157 Å². The number of hydrogen-bond acceptors (Lipinski definition) is 26. The monoisotopic (exact) mass is 1640 g/mol. The van der Waals surface area contributed by atoms with Crippen molar-refractivity contribution in [3.05, 3.63) is 117 Å². The van der Waals surface area contributed by atoms with E-state index >= 15 is 14.4 Å². The van der Waals surface area contributed by atoms with E-state index in [-0.39, 0.29) is 71.0 Å². The highest BCUT2D eigenvalue weighted by atomic mass is 35.5. The summed E-state index contributed by atoms with van der Waals surface area (Å²) >= 11 is 14.3.